The van der Waals surface area contributed by atoms with Crippen LogP contribution in [0.15, 0.2) is 47.5 Å². The first-order chi connectivity index (χ1) is 12.8. The molecule has 4 rings (SSSR count). The molecule has 2 aromatic rings. The number of nitrogens with zero attached hydrogens (tertiary/aromatic N) is 2. The van der Waals surface area contributed by atoms with E-state index in [2.05, 4.69) is 15.2 Å². The lowest BCUT2D eigenvalue weighted by Gasteiger charge is -2.35. The van der Waals surface area contributed by atoms with Gasteiger partial charge in [0.2, 0.25) is 5.91 Å². The number of carbonyl (C=O) groups excluding carboxylic acids is 1. The summed E-state index contributed by atoms with van der Waals surface area (Å²) in [7, 11) is 0. The molecule has 138 valence electrons. The molecule has 0 radical (unpaired) electrons. The molecule has 0 bridgehead atoms. The van der Waals surface area contributed by atoms with Crippen molar-refractivity contribution in [3.63, 3.8) is 0 Å². The molecule has 6 nitrogen and oxygen atoms in total. The highest BCUT2D eigenvalue weighted by molar-refractivity contribution is 5.76. The molecule has 0 aromatic carbocycles. The predicted molar refractivity (Wildman–Crippen MR) is 96.0 cm³/mol. The standard InChI is InChI=1S/C20H25N3O3/c24-20(22-10-15-2-1-5-21-9-15)8-19-18-3-6-23(12-17(18)14-26-19)11-16-4-7-25-13-16/h1-2,4-5,7,9,13,17-19H,3,6,8,10-12,14H2,(H,22,24)/t17-,18-,19-/m1/s1. The summed E-state index contributed by atoms with van der Waals surface area (Å²) in [6.45, 7) is 4.28. The second kappa shape index (κ2) is 8.01. The number of aromatic nitrogens is 1. The van der Waals surface area contributed by atoms with Crippen molar-refractivity contribution >= 4 is 5.91 Å². The molecule has 4 heterocycles. The van der Waals surface area contributed by atoms with Crippen LogP contribution in [0.3, 0.4) is 0 Å². The molecule has 1 N–H and O–H groups in total. The van der Waals surface area contributed by atoms with Gasteiger partial charge in [-0.05, 0) is 36.6 Å². The summed E-state index contributed by atoms with van der Waals surface area (Å²) in [5.41, 5.74) is 2.23. The Morgan fingerprint density at radius 1 is 1.35 bits per heavy atom. The SMILES string of the molecule is O=C(C[C@H]1OC[C@H]2CN(Cc3ccoc3)CC[C@H]21)NCc1cccnc1. The van der Waals surface area contributed by atoms with Crippen LogP contribution in [0.1, 0.15) is 24.0 Å². The lowest BCUT2D eigenvalue weighted by molar-refractivity contribution is -0.124. The zero-order chi connectivity index (χ0) is 17.8. The van der Waals surface area contributed by atoms with Gasteiger partial charge in [0.25, 0.3) is 0 Å². The average molecular weight is 355 g/mol. The second-order valence-electron chi connectivity index (χ2n) is 7.29. The third-order valence-electron chi connectivity index (χ3n) is 5.46. The number of piperidine rings is 1. The first-order valence-corrected chi connectivity index (χ1v) is 9.28. The summed E-state index contributed by atoms with van der Waals surface area (Å²) in [4.78, 5) is 18.8. The van der Waals surface area contributed by atoms with Gasteiger partial charge in [0, 0.05) is 43.5 Å². The summed E-state index contributed by atoms with van der Waals surface area (Å²) < 4.78 is 11.1. The molecule has 2 aromatic heterocycles. The minimum absolute atomic E-state index is 0.0463. The molecule has 0 spiro atoms. The summed E-state index contributed by atoms with van der Waals surface area (Å²) in [6, 6.07) is 5.86. The number of hydrogen-bond donors (Lipinski definition) is 1. The molecule has 3 atom stereocenters. The number of nitrogens with one attached hydrogen (secondary N) is 1. The largest absolute Gasteiger partial charge is 0.472 e. The van der Waals surface area contributed by atoms with Crippen molar-refractivity contribution in [1.29, 1.82) is 0 Å². The summed E-state index contributed by atoms with van der Waals surface area (Å²) in [5, 5.41) is 2.98. The Hall–Kier alpha value is -2.18. The van der Waals surface area contributed by atoms with Gasteiger partial charge >= 0.3 is 0 Å². The fourth-order valence-electron chi connectivity index (χ4n) is 4.12. The second-order valence-corrected chi connectivity index (χ2v) is 7.29. The molecule has 2 aliphatic rings. The highest BCUT2D eigenvalue weighted by atomic mass is 16.5. The van der Waals surface area contributed by atoms with E-state index in [1.165, 1.54) is 5.56 Å². The van der Waals surface area contributed by atoms with Crippen LogP contribution in [0, 0.1) is 11.8 Å². The van der Waals surface area contributed by atoms with Crippen molar-refractivity contribution < 1.29 is 13.9 Å². The number of ether oxygens (including phenoxy) is 1. The van der Waals surface area contributed by atoms with E-state index in [1.54, 1.807) is 18.7 Å². The molecule has 0 unspecified atom stereocenters. The Bertz CT molecular complexity index is 704. The Morgan fingerprint density at radius 3 is 3.12 bits per heavy atom. The Balaban J connectivity index is 1.24. The lowest BCUT2D eigenvalue weighted by Crippen LogP contribution is -2.41. The molecule has 6 heteroatoms. The van der Waals surface area contributed by atoms with Gasteiger partial charge in [-0.3, -0.25) is 14.7 Å². The molecule has 2 aliphatic heterocycles. The number of pyridine rings is 1. The smallest absolute Gasteiger partial charge is 0.222 e. The Labute approximate surface area is 153 Å². The highest BCUT2D eigenvalue weighted by Gasteiger charge is 2.41. The van der Waals surface area contributed by atoms with Crippen LogP contribution in [-0.4, -0.2) is 41.6 Å². The van der Waals surface area contributed by atoms with Gasteiger partial charge in [0.05, 0.1) is 31.7 Å². The Morgan fingerprint density at radius 2 is 2.31 bits per heavy atom. The van der Waals surface area contributed by atoms with Crippen molar-refractivity contribution in [2.45, 2.75) is 32.0 Å². The van der Waals surface area contributed by atoms with Crippen LogP contribution < -0.4 is 5.32 Å². The van der Waals surface area contributed by atoms with Crippen LogP contribution in [0.4, 0.5) is 0 Å². The number of fused-ring (bicyclic) bond motifs is 1. The van der Waals surface area contributed by atoms with E-state index in [-0.39, 0.29) is 12.0 Å². The summed E-state index contributed by atoms with van der Waals surface area (Å²) in [5.74, 6) is 1.06. The van der Waals surface area contributed by atoms with Gasteiger partial charge in [-0.2, -0.15) is 0 Å². The molecule has 2 saturated heterocycles. The van der Waals surface area contributed by atoms with Crippen molar-refractivity contribution in [1.82, 2.24) is 15.2 Å². The topological polar surface area (TPSA) is 67.6 Å². The molecular weight excluding hydrogens is 330 g/mol. The number of carbonyl (C=O) groups is 1. The molecule has 0 saturated carbocycles. The maximum absolute atomic E-state index is 12.3. The number of likely N-dealkylation sites (tertiary alicyclic amines) is 1. The first kappa shape index (κ1) is 17.2. The molecule has 26 heavy (non-hydrogen) atoms. The van der Waals surface area contributed by atoms with Gasteiger partial charge < -0.3 is 14.5 Å². The van der Waals surface area contributed by atoms with E-state index < -0.39 is 0 Å². The third-order valence-corrected chi connectivity index (χ3v) is 5.46. The molecule has 2 fully saturated rings. The van der Waals surface area contributed by atoms with Crippen LogP contribution in [0.25, 0.3) is 0 Å². The summed E-state index contributed by atoms with van der Waals surface area (Å²) in [6.07, 6.45) is 8.62. The number of hydrogen-bond acceptors (Lipinski definition) is 5. The zero-order valence-electron chi connectivity index (χ0n) is 14.8. The van der Waals surface area contributed by atoms with Gasteiger partial charge in [-0.15, -0.1) is 0 Å². The van der Waals surface area contributed by atoms with Gasteiger partial charge in [-0.1, -0.05) is 6.07 Å². The van der Waals surface area contributed by atoms with Gasteiger partial charge in [0.1, 0.15) is 0 Å². The number of furan rings is 1. The van der Waals surface area contributed by atoms with Gasteiger partial charge in [0.15, 0.2) is 0 Å². The number of amides is 1. The first-order valence-electron chi connectivity index (χ1n) is 9.28. The van der Waals surface area contributed by atoms with Crippen LogP contribution in [0.2, 0.25) is 0 Å². The van der Waals surface area contributed by atoms with E-state index in [0.717, 1.165) is 38.2 Å². The van der Waals surface area contributed by atoms with E-state index in [9.17, 15) is 4.79 Å². The summed E-state index contributed by atoms with van der Waals surface area (Å²) >= 11 is 0. The third kappa shape index (κ3) is 4.14. The van der Waals surface area contributed by atoms with Crippen LogP contribution in [-0.2, 0) is 22.6 Å². The van der Waals surface area contributed by atoms with E-state index in [1.807, 2.05) is 24.5 Å². The van der Waals surface area contributed by atoms with Crippen LogP contribution in [0.5, 0.6) is 0 Å². The monoisotopic (exact) mass is 355 g/mol. The van der Waals surface area contributed by atoms with Crippen molar-refractivity contribution in [3.05, 3.63) is 54.2 Å². The lowest BCUT2D eigenvalue weighted by atomic mass is 9.83. The highest BCUT2D eigenvalue weighted by Crippen LogP contribution is 2.36. The number of rotatable bonds is 6. The van der Waals surface area contributed by atoms with Crippen molar-refractivity contribution in [2.75, 3.05) is 19.7 Å². The fraction of sp³-hybridized carbons (Fsp3) is 0.500. The van der Waals surface area contributed by atoms with E-state index in [0.29, 0.717) is 24.8 Å². The fourth-order valence-corrected chi connectivity index (χ4v) is 4.12. The maximum Gasteiger partial charge on any atom is 0.222 e. The normalized spacial score (nSPS) is 25.8. The van der Waals surface area contributed by atoms with E-state index in [4.69, 9.17) is 9.15 Å². The average Bonchev–Trinajstić information content (AvgIpc) is 3.31. The van der Waals surface area contributed by atoms with E-state index >= 15 is 0 Å². The maximum atomic E-state index is 12.3. The molecule has 0 aliphatic carbocycles. The minimum Gasteiger partial charge on any atom is -0.472 e. The quantitative estimate of drug-likeness (QED) is 0.861. The van der Waals surface area contributed by atoms with Crippen molar-refractivity contribution in [2.24, 2.45) is 11.8 Å². The van der Waals surface area contributed by atoms with Crippen molar-refractivity contribution in [3.8, 4) is 0 Å². The Kier molecular flexibility index (Phi) is 5.32. The van der Waals surface area contributed by atoms with Gasteiger partial charge in [-0.25, -0.2) is 0 Å². The molecular formula is C20H25N3O3. The zero-order valence-corrected chi connectivity index (χ0v) is 14.8. The molecule has 1 amide bonds. The predicted octanol–water partition coefficient (Wildman–Crippen LogP) is 2.22. The minimum atomic E-state index is 0.0463. The van der Waals surface area contributed by atoms with Crippen LogP contribution >= 0.6 is 0 Å².